The van der Waals surface area contributed by atoms with Gasteiger partial charge in [0.25, 0.3) is 0 Å². The molecule has 5 nitrogen and oxygen atoms in total. The Bertz CT molecular complexity index is 1390. The third-order valence-electron chi connectivity index (χ3n) is 7.45. The summed E-state index contributed by atoms with van der Waals surface area (Å²) in [4.78, 5) is 16.7. The molecule has 0 spiro atoms. The van der Waals surface area contributed by atoms with Crippen LogP contribution in [0.2, 0.25) is 5.02 Å². The summed E-state index contributed by atoms with van der Waals surface area (Å²) in [5.74, 6) is -0.211. The number of nitriles is 1. The smallest absolute Gasteiger partial charge is 0.324 e. The molecule has 0 N–H and O–H groups in total. The van der Waals surface area contributed by atoms with E-state index in [4.69, 9.17) is 16.3 Å². The lowest BCUT2D eigenvalue weighted by Gasteiger charge is -2.38. The SMILES string of the molecule is CCCc1ccc(-c2cccc(/C=C/c3cc(C)c(CN4CCN(C)C[C@H]4C(=O)OC)cc3Cl)c2C#N)cc1. The lowest BCUT2D eigenvalue weighted by atomic mass is 9.94. The number of hydrogen-bond donors (Lipinski definition) is 0. The van der Waals surface area contributed by atoms with E-state index in [1.54, 1.807) is 0 Å². The monoisotopic (exact) mass is 541 g/mol. The van der Waals surface area contributed by atoms with Crippen LogP contribution in [-0.4, -0.2) is 55.6 Å². The summed E-state index contributed by atoms with van der Waals surface area (Å²) >= 11 is 6.74. The molecule has 1 heterocycles. The molecule has 0 aromatic heterocycles. The summed E-state index contributed by atoms with van der Waals surface area (Å²) < 4.78 is 5.06. The predicted octanol–water partition coefficient (Wildman–Crippen LogP) is 6.60. The molecule has 0 unspecified atom stereocenters. The van der Waals surface area contributed by atoms with Gasteiger partial charge in [0, 0.05) is 36.8 Å². The molecule has 0 bridgehead atoms. The quantitative estimate of drug-likeness (QED) is 0.237. The maximum Gasteiger partial charge on any atom is 0.324 e. The van der Waals surface area contributed by atoms with E-state index in [0.29, 0.717) is 23.7 Å². The van der Waals surface area contributed by atoms with Gasteiger partial charge in [0.2, 0.25) is 0 Å². The molecule has 0 aliphatic carbocycles. The van der Waals surface area contributed by atoms with E-state index < -0.39 is 0 Å². The van der Waals surface area contributed by atoms with Crippen LogP contribution in [-0.2, 0) is 22.5 Å². The number of aryl methyl sites for hydroxylation is 2. The molecule has 1 fully saturated rings. The zero-order chi connectivity index (χ0) is 27.9. The van der Waals surface area contributed by atoms with E-state index in [9.17, 15) is 10.1 Å². The van der Waals surface area contributed by atoms with Crippen molar-refractivity contribution in [2.75, 3.05) is 33.8 Å². The van der Waals surface area contributed by atoms with E-state index in [2.05, 4.69) is 60.0 Å². The summed E-state index contributed by atoms with van der Waals surface area (Å²) in [5.41, 5.74) is 7.83. The second-order valence-corrected chi connectivity index (χ2v) is 10.6. The first-order chi connectivity index (χ1) is 18.8. The molecule has 0 amide bonds. The molecular formula is C33H36ClN3O2. The normalized spacial score (nSPS) is 16.4. The maximum atomic E-state index is 12.4. The Morgan fingerprint density at radius 2 is 1.87 bits per heavy atom. The Balaban J connectivity index is 1.57. The standard InChI is InChI=1S/C33H36ClN3O2/c1-5-7-24-10-12-26(13-11-24)29-9-6-8-25(30(29)20-35)14-15-27-18-23(2)28(19-31(27)34)21-37-17-16-36(3)22-32(37)33(38)39-4/h6,8-15,18-19,32H,5,7,16-17,21-22H2,1-4H3/b15-14+/t32-/m0/s1. The Labute approximate surface area is 237 Å². The topological polar surface area (TPSA) is 56.6 Å². The van der Waals surface area contributed by atoms with Gasteiger partial charge in [0.15, 0.2) is 0 Å². The third-order valence-corrected chi connectivity index (χ3v) is 7.78. The molecule has 0 saturated carbocycles. The minimum absolute atomic E-state index is 0.211. The van der Waals surface area contributed by atoms with Gasteiger partial charge in [-0.25, -0.2) is 0 Å². The molecule has 1 saturated heterocycles. The highest BCUT2D eigenvalue weighted by atomic mass is 35.5. The number of esters is 1. The highest BCUT2D eigenvalue weighted by Crippen LogP contribution is 2.29. The Kier molecular flexibility index (Phi) is 9.59. The van der Waals surface area contributed by atoms with Crippen molar-refractivity contribution in [3.8, 4) is 17.2 Å². The number of nitrogens with zero attached hydrogens (tertiary/aromatic N) is 3. The zero-order valence-corrected chi connectivity index (χ0v) is 24.0. The number of halogens is 1. The highest BCUT2D eigenvalue weighted by Gasteiger charge is 2.32. The molecule has 1 aliphatic rings. The van der Waals surface area contributed by atoms with E-state index >= 15 is 0 Å². The van der Waals surface area contributed by atoms with Gasteiger partial charge in [0.1, 0.15) is 12.1 Å². The third kappa shape index (κ3) is 6.78. The first kappa shape index (κ1) is 28.6. The Morgan fingerprint density at radius 3 is 2.56 bits per heavy atom. The van der Waals surface area contributed by atoms with Crippen molar-refractivity contribution in [3.63, 3.8) is 0 Å². The Morgan fingerprint density at radius 1 is 1.13 bits per heavy atom. The van der Waals surface area contributed by atoms with Crippen LogP contribution in [0.5, 0.6) is 0 Å². The molecule has 39 heavy (non-hydrogen) atoms. The number of benzene rings is 3. The van der Waals surface area contributed by atoms with Gasteiger partial charge < -0.3 is 9.64 Å². The molecule has 6 heteroatoms. The first-order valence-corrected chi connectivity index (χ1v) is 13.8. The van der Waals surface area contributed by atoms with Crippen LogP contribution in [0.25, 0.3) is 23.3 Å². The molecule has 4 rings (SSSR count). The van der Waals surface area contributed by atoms with Crippen molar-refractivity contribution in [2.24, 2.45) is 0 Å². The van der Waals surface area contributed by atoms with Gasteiger partial charge >= 0.3 is 5.97 Å². The fraction of sp³-hybridized carbons (Fsp3) is 0.333. The van der Waals surface area contributed by atoms with Gasteiger partial charge in [-0.1, -0.05) is 85.6 Å². The number of ether oxygens (including phenoxy) is 1. The fourth-order valence-corrected chi connectivity index (χ4v) is 5.41. The van der Waals surface area contributed by atoms with E-state index in [0.717, 1.165) is 59.3 Å². The number of methoxy groups -OCH3 is 1. The van der Waals surface area contributed by atoms with E-state index in [1.807, 2.05) is 43.5 Å². The van der Waals surface area contributed by atoms with Crippen LogP contribution in [0, 0.1) is 18.3 Å². The molecule has 0 radical (unpaired) electrons. The first-order valence-electron chi connectivity index (χ1n) is 13.4. The number of hydrogen-bond acceptors (Lipinski definition) is 5. The number of rotatable bonds is 8. The van der Waals surface area contributed by atoms with E-state index in [-0.39, 0.29) is 12.0 Å². The lowest BCUT2D eigenvalue weighted by Crippen LogP contribution is -2.55. The van der Waals surface area contributed by atoms with Crippen LogP contribution in [0.4, 0.5) is 0 Å². The van der Waals surface area contributed by atoms with Crippen LogP contribution < -0.4 is 0 Å². The second kappa shape index (κ2) is 13.1. The van der Waals surface area contributed by atoms with Crippen molar-refractivity contribution >= 4 is 29.7 Å². The second-order valence-electron chi connectivity index (χ2n) is 10.2. The van der Waals surface area contributed by atoms with Crippen LogP contribution in [0.15, 0.2) is 54.6 Å². The summed E-state index contributed by atoms with van der Waals surface area (Å²) in [7, 11) is 3.46. The fourth-order valence-electron chi connectivity index (χ4n) is 5.16. The van der Waals surface area contributed by atoms with Crippen LogP contribution >= 0.6 is 11.6 Å². The molecule has 1 aliphatic heterocycles. The number of piperazine rings is 1. The minimum Gasteiger partial charge on any atom is -0.468 e. The number of likely N-dealkylation sites (N-methyl/N-ethyl adjacent to an activating group) is 1. The lowest BCUT2D eigenvalue weighted by molar-refractivity contribution is -0.149. The van der Waals surface area contributed by atoms with Gasteiger partial charge in [0.05, 0.1) is 12.7 Å². The summed E-state index contributed by atoms with van der Waals surface area (Å²) in [5, 5.41) is 10.7. The summed E-state index contributed by atoms with van der Waals surface area (Å²) in [6.07, 6.45) is 6.09. The van der Waals surface area contributed by atoms with E-state index in [1.165, 1.54) is 12.7 Å². The minimum atomic E-state index is -0.300. The average molecular weight is 542 g/mol. The van der Waals surface area contributed by atoms with Gasteiger partial charge in [-0.15, -0.1) is 0 Å². The summed E-state index contributed by atoms with van der Waals surface area (Å²) in [6.45, 7) is 7.18. The molecule has 3 aromatic carbocycles. The zero-order valence-electron chi connectivity index (χ0n) is 23.2. The largest absolute Gasteiger partial charge is 0.468 e. The average Bonchev–Trinajstić information content (AvgIpc) is 2.94. The van der Waals surface area contributed by atoms with Gasteiger partial charge in [-0.3, -0.25) is 9.69 Å². The van der Waals surface area contributed by atoms with Crippen molar-refractivity contribution in [1.82, 2.24) is 9.80 Å². The maximum absolute atomic E-state index is 12.4. The molecule has 202 valence electrons. The van der Waals surface area contributed by atoms with Gasteiger partial charge in [-0.2, -0.15) is 5.26 Å². The Hall–Kier alpha value is -3.43. The number of carbonyl (C=O) groups is 1. The molecule has 1 atom stereocenters. The molecule has 3 aromatic rings. The van der Waals surface area contributed by atoms with Crippen molar-refractivity contribution < 1.29 is 9.53 Å². The highest BCUT2D eigenvalue weighted by molar-refractivity contribution is 6.32. The summed E-state index contributed by atoms with van der Waals surface area (Å²) in [6, 6.07) is 20.6. The van der Waals surface area contributed by atoms with Crippen LogP contribution in [0.3, 0.4) is 0 Å². The van der Waals surface area contributed by atoms with Crippen molar-refractivity contribution in [3.05, 3.63) is 93.0 Å². The number of carbonyl (C=O) groups excluding carboxylic acids is 1. The predicted molar refractivity (Wildman–Crippen MR) is 159 cm³/mol. The molecular weight excluding hydrogens is 506 g/mol. The van der Waals surface area contributed by atoms with Gasteiger partial charge in [-0.05, 0) is 59.8 Å². The van der Waals surface area contributed by atoms with Crippen LogP contribution in [0.1, 0.15) is 46.7 Å². The van der Waals surface area contributed by atoms with Crippen molar-refractivity contribution in [2.45, 2.75) is 39.3 Å². The van der Waals surface area contributed by atoms with Crippen molar-refractivity contribution in [1.29, 1.82) is 5.26 Å².